The Balaban J connectivity index is 0.000000158. The second kappa shape index (κ2) is 14.1. The second-order valence-electron chi connectivity index (χ2n) is 9.02. The Morgan fingerprint density at radius 2 is 1.14 bits per heavy atom. The number of carbonyl (C=O) groups excluding carboxylic acids is 1. The van der Waals surface area contributed by atoms with Gasteiger partial charge in [-0.25, -0.2) is 0 Å². The molecular weight excluding hydrogens is 705 g/mol. The van der Waals surface area contributed by atoms with Crippen LogP contribution in [-0.4, -0.2) is 40.9 Å². The van der Waals surface area contributed by atoms with Crippen molar-refractivity contribution in [2.24, 2.45) is 0 Å². The number of hydrogen-bond donors (Lipinski definition) is 1. The average molecular weight is 731 g/mol. The van der Waals surface area contributed by atoms with E-state index in [1.807, 2.05) is 78.9 Å². The molecule has 1 N–H and O–H groups in total. The zero-order valence-electron chi connectivity index (χ0n) is 22.8. The minimum Gasteiger partial charge on any atom is -0.512 e. The summed E-state index contributed by atoms with van der Waals surface area (Å²) in [7, 11) is 0. The number of fused-ring (bicyclic) bond motifs is 3. The maximum Gasteiger partial charge on any atom is 0.155 e. The van der Waals surface area contributed by atoms with E-state index in [-0.39, 0.29) is 31.6 Å². The van der Waals surface area contributed by atoms with E-state index in [4.69, 9.17) is 5.11 Å². The van der Waals surface area contributed by atoms with Crippen molar-refractivity contribution in [1.29, 1.82) is 0 Å². The molecule has 0 fully saturated rings. The molecule has 0 atom stereocenters. The van der Waals surface area contributed by atoms with Crippen LogP contribution >= 0.6 is 0 Å². The summed E-state index contributed by atoms with van der Waals surface area (Å²) in [6.07, 6.45) is 4.49. The van der Waals surface area contributed by atoms with E-state index < -0.39 is 0 Å². The fourth-order valence-electron chi connectivity index (χ4n) is 4.21. The second-order valence-corrected chi connectivity index (χ2v) is 9.02. The molecule has 8 nitrogen and oxygen atoms in total. The molecule has 42 heavy (non-hydrogen) atoms. The molecule has 0 saturated heterocycles. The molecule has 0 bridgehead atoms. The van der Waals surface area contributed by atoms with Crippen LogP contribution in [0.25, 0.3) is 44.0 Å². The average Bonchev–Trinajstić information content (AvgIpc) is 3.67. The van der Waals surface area contributed by atoms with E-state index >= 15 is 0 Å². The number of carbonyl (C=O) groups is 1. The van der Waals surface area contributed by atoms with Crippen LogP contribution in [0.1, 0.15) is 13.8 Å². The number of aromatic nitrogens is 6. The molecule has 9 heteroatoms. The van der Waals surface area contributed by atoms with Gasteiger partial charge in [-0.1, -0.05) is 48.5 Å². The summed E-state index contributed by atoms with van der Waals surface area (Å²) in [5.41, 5.74) is 3.56. The van der Waals surface area contributed by atoms with Crippen LogP contribution in [0.15, 0.2) is 121 Å². The fraction of sp³-hybridized carbons (Fsp3) is 0.0606. The van der Waals surface area contributed by atoms with Crippen molar-refractivity contribution >= 4 is 38.4 Å². The smallest absolute Gasteiger partial charge is 0.155 e. The molecule has 2 aromatic heterocycles. The molecule has 211 valence electrons. The van der Waals surface area contributed by atoms with Crippen LogP contribution in [-0.2, 0) is 24.9 Å². The third-order valence-electron chi connectivity index (χ3n) is 5.92. The van der Waals surface area contributed by atoms with Crippen molar-refractivity contribution in [3.05, 3.63) is 133 Å². The molecule has 0 aliphatic carbocycles. The van der Waals surface area contributed by atoms with Gasteiger partial charge < -0.3 is 5.11 Å². The molecule has 0 unspecified atom stereocenters. The Morgan fingerprint density at radius 3 is 1.60 bits per heavy atom. The summed E-state index contributed by atoms with van der Waals surface area (Å²) in [6.45, 7) is 2.85. The predicted molar refractivity (Wildman–Crippen MR) is 160 cm³/mol. The van der Waals surface area contributed by atoms with Gasteiger partial charge in [0.15, 0.2) is 5.78 Å². The van der Waals surface area contributed by atoms with E-state index in [9.17, 15) is 4.79 Å². The quantitative estimate of drug-likeness (QED) is 0.125. The normalized spacial score (nSPS) is 10.8. The van der Waals surface area contributed by atoms with Crippen LogP contribution < -0.4 is 0 Å². The maximum absolute atomic E-state index is 10.0. The summed E-state index contributed by atoms with van der Waals surface area (Å²) in [6, 6.07) is 38.4. The summed E-state index contributed by atoms with van der Waals surface area (Å²) in [5.74, 6) is -0.0625. The Bertz CT molecular complexity index is 1920. The van der Waals surface area contributed by atoms with E-state index in [2.05, 4.69) is 50.7 Å². The first-order valence-electron chi connectivity index (χ1n) is 12.9. The summed E-state index contributed by atoms with van der Waals surface area (Å²) < 4.78 is 0. The number of aliphatic hydroxyl groups is 1. The minimum absolute atomic E-state index is 0. The van der Waals surface area contributed by atoms with Gasteiger partial charge in [0.2, 0.25) is 0 Å². The maximum atomic E-state index is 10.0. The SMILES string of the molecule is CC(=O)/C=C(/C)O.[Ir].[c-]1ccc2ccccc2c1-n1nc2ccccc2n1.[c-]1ccc2ccccc2c1-n1nccn1. The minimum atomic E-state index is -0.125. The van der Waals surface area contributed by atoms with Gasteiger partial charge in [-0.05, 0) is 37.4 Å². The third-order valence-corrected chi connectivity index (χ3v) is 5.92. The monoisotopic (exact) mass is 731 g/mol. The number of nitrogens with zero attached hydrogens (tertiary/aromatic N) is 6. The molecular formula is C33H26IrN6O2-2. The summed E-state index contributed by atoms with van der Waals surface area (Å²) >= 11 is 0. The molecule has 0 amide bonds. The predicted octanol–water partition coefficient (Wildman–Crippen LogP) is 6.63. The van der Waals surface area contributed by atoms with E-state index in [0.717, 1.165) is 38.6 Å². The van der Waals surface area contributed by atoms with Crippen molar-refractivity contribution in [1.82, 2.24) is 30.0 Å². The molecule has 0 aliphatic heterocycles. The zero-order valence-corrected chi connectivity index (χ0v) is 25.2. The number of rotatable bonds is 3. The Kier molecular flexibility index (Phi) is 10.1. The molecule has 0 spiro atoms. The molecule has 7 rings (SSSR count). The van der Waals surface area contributed by atoms with Crippen LogP contribution in [0.5, 0.6) is 0 Å². The van der Waals surface area contributed by atoms with Crippen molar-refractivity contribution in [3.63, 3.8) is 0 Å². The standard InChI is InChI=1S/C16H10N3.C12H8N3.C5H8O2.Ir/c1-2-8-13-12(6-1)7-5-11-16(13)19-17-14-9-3-4-10-15(14)18-19;1-2-6-11-10(4-1)5-3-7-12(11)15-13-8-9-14-15;1-4(6)3-5(2)7;/h1-10H;1-6,8-9H;3,6H,1-2H3;/q2*-1;;/b;;4-3-;. The van der Waals surface area contributed by atoms with Crippen LogP contribution in [0.3, 0.4) is 0 Å². The Labute approximate surface area is 256 Å². The first-order chi connectivity index (χ1) is 20.0. The topological polar surface area (TPSA) is 98.7 Å². The van der Waals surface area contributed by atoms with E-state index in [0.29, 0.717) is 0 Å². The number of hydrogen-bond acceptors (Lipinski definition) is 6. The van der Waals surface area contributed by atoms with Gasteiger partial charge in [-0.15, -0.1) is 33.7 Å². The summed E-state index contributed by atoms with van der Waals surface area (Å²) in [5, 5.41) is 30.1. The Hall–Kier alpha value is -4.98. The molecule has 0 saturated carbocycles. The first kappa shape index (κ1) is 30.0. The molecule has 1 radical (unpaired) electrons. The number of allylic oxidation sites excluding steroid dienone is 2. The van der Waals surface area contributed by atoms with Crippen molar-refractivity contribution in [2.75, 3.05) is 0 Å². The van der Waals surface area contributed by atoms with Gasteiger partial charge in [0.05, 0.1) is 18.2 Å². The van der Waals surface area contributed by atoms with Crippen LogP contribution in [0.2, 0.25) is 0 Å². The van der Waals surface area contributed by atoms with Gasteiger partial charge in [0.1, 0.15) is 11.0 Å². The Morgan fingerprint density at radius 1 is 0.690 bits per heavy atom. The first-order valence-corrected chi connectivity index (χ1v) is 12.9. The number of aliphatic hydroxyl groups excluding tert-OH is 1. The van der Waals surface area contributed by atoms with Crippen molar-refractivity contribution < 1.29 is 30.0 Å². The summed E-state index contributed by atoms with van der Waals surface area (Å²) in [4.78, 5) is 13.3. The van der Waals surface area contributed by atoms with E-state index in [1.165, 1.54) is 25.3 Å². The number of benzene rings is 5. The van der Waals surface area contributed by atoms with Crippen molar-refractivity contribution in [2.45, 2.75) is 13.8 Å². The number of ketones is 1. The van der Waals surface area contributed by atoms with Gasteiger partial charge in [-0.2, -0.15) is 66.4 Å². The van der Waals surface area contributed by atoms with Crippen LogP contribution in [0, 0.1) is 12.1 Å². The van der Waals surface area contributed by atoms with E-state index in [1.54, 1.807) is 22.0 Å². The molecule has 7 aromatic rings. The van der Waals surface area contributed by atoms with Gasteiger partial charge in [0.25, 0.3) is 0 Å². The molecule has 2 heterocycles. The van der Waals surface area contributed by atoms with Gasteiger partial charge in [0, 0.05) is 26.2 Å². The van der Waals surface area contributed by atoms with Gasteiger partial charge >= 0.3 is 0 Å². The zero-order chi connectivity index (χ0) is 28.6. The largest absolute Gasteiger partial charge is 0.512 e. The molecule has 0 aliphatic rings. The fourth-order valence-corrected chi connectivity index (χ4v) is 4.21. The third kappa shape index (κ3) is 7.20. The van der Waals surface area contributed by atoms with Crippen molar-refractivity contribution in [3.8, 4) is 11.4 Å². The van der Waals surface area contributed by atoms with Gasteiger partial charge in [-0.3, -0.25) is 4.79 Å². The van der Waals surface area contributed by atoms with Crippen LogP contribution in [0.4, 0.5) is 0 Å². The molecule has 5 aromatic carbocycles.